The molecule has 2 heterocycles. The van der Waals surface area contributed by atoms with Crippen LogP contribution in [0.2, 0.25) is 0 Å². The van der Waals surface area contributed by atoms with Crippen LogP contribution >= 0.6 is 23.5 Å². The fourth-order valence-corrected chi connectivity index (χ4v) is 3.42. The molecule has 1 unspecified atom stereocenters. The van der Waals surface area contributed by atoms with Gasteiger partial charge in [-0.05, 0) is 30.6 Å². The highest BCUT2D eigenvalue weighted by molar-refractivity contribution is 7.99. The molecular weight excluding hydrogens is 274 g/mol. The van der Waals surface area contributed by atoms with Crippen LogP contribution < -0.4 is 5.32 Å². The van der Waals surface area contributed by atoms with Crippen molar-refractivity contribution in [3.63, 3.8) is 0 Å². The van der Waals surface area contributed by atoms with Gasteiger partial charge in [0.05, 0.1) is 0 Å². The molecule has 2 rings (SSSR count). The summed E-state index contributed by atoms with van der Waals surface area (Å²) in [6, 6.07) is 3.25. The molecule has 18 heavy (non-hydrogen) atoms. The highest BCUT2D eigenvalue weighted by atomic mass is 32.2. The van der Waals surface area contributed by atoms with Crippen LogP contribution in [0.1, 0.15) is 17.0 Å². The molecule has 0 aliphatic carbocycles. The maximum Gasteiger partial charge on any atom is 0.330 e. The minimum atomic E-state index is -1.16. The molecule has 7 heteroatoms. The number of carboxylic acids is 1. The molecule has 0 saturated carbocycles. The minimum Gasteiger partial charge on any atom is -0.479 e. The maximum atomic E-state index is 12.0. The number of amides is 1. The molecule has 1 saturated heterocycles. The van der Waals surface area contributed by atoms with E-state index in [-0.39, 0.29) is 5.76 Å². The van der Waals surface area contributed by atoms with Gasteiger partial charge in [-0.15, -0.1) is 0 Å². The van der Waals surface area contributed by atoms with Crippen molar-refractivity contribution < 1.29 is 19.1 Å². The highest BCUT2D eigenvalue weighted by Crippen LogP contribution is 2.29. The lowest BCUT2D eigenvalue weighted by atomic mass is 9.99. The van der Waals surface area contributed by atoms with Crippen molar-refractivity contribution >= 4 is 35.4 Å². The number of thioether (sulfide) groups is 2. The van der Waals surface area contributed by atoms with Crippen LogP contribution in [0.3, 0.4) is 0 Å². The fourth-order valence-electron chi connectivity index (χ4n) is 1.72. The summed E-state index contributed by atoms with van der Waals surface area (Å²) in [5, 5.41) is 12.5. The fraction of sp³-hybridized carbons (Fsp3) is 0.455. The average molecular weight is 287 g/mol. The molecule has 2 N–H and O–H groups in total. The van der Waals surface area contributed by atoms with Crippen molar-refractivity contribution in [2.45, 2.75) is 17.1 Å². The molecule has 0 aromatic carbocycles. The Balaban J connectivity index is 2.12. The molecule has 98 valence electrons. The first-order chi connectivity index (χ1) is 8.57. The van der Waals surface area contributed by atoms with E-state index in [1.165, 1.54) is 23.5 Å². The van der Waals surface area contributed by atoms with Crippen molar-refractivity contribution in [2.75, 3.05) is 17.8 Å². The number of carboxylic acid groups (broad SMARTS) is 1. The summed E-state index contributed by atoms with van der Waals surface area (Å²) in [5.74, 6) is -0.181. The van der Waals surface area contributed by atoms with E-state index in [0.717, 1.165) is 5.75 Å². The van der Waals surface area contributed by atoms with Gasteiger partial charge in [-0.2, -0.15) is 11.8 Å². The van der Waals surface area contributed by atoms with Crippen LogP contribution in [0, 0.1) is 0 Å². The number of hydrogen-bond acceptors (Lipinski definition) is 5. The van der Waals surface area contributed by atoms with Crippen molar-refractivity contribution in [1.29, 1.82) is 0 Å². The zero-order valence-corrected chi connectivity index (χ0v) is 11.4. The van der Waals surface area contributed by atoms with Gasteiger partial charge in [-0.3, -0.25) is 4.79 Å². The minimum absolute atomic E-state index is 0.150. The molecule has 0 radical (unpaired) electrons. The van der Waals surface area contributed by atoms with Crippen molar-refractivity contribution in [2.24, 2.45) is 0 Å². The summed E-state index contributed by atoms with van der Waals surface area (Å²) < 4.78 is 5.28. The first-order valence-corrected chi connectivity index (χ1v) is 7.73. The normalized spacial score (nSPS) is 22.9. The molecule has 1 fully saturated rings. The quantitative estimate of drug-likeness (QED) is 0.820. The van der Waals surface area contributed by atoms with Crippen LogP contribution in [-0.2, 0) is 4.79 Å². The molecule has 1 aromatic rings. The third-order valence-corrected chi connectivity index (χ3v) is 4.60. The number of hydrogen-bond donors (Lipinski definition) is 2. The SMILES string of the molecule is CSc1ccc(C(=O)NC2(C(=O)O)CCSC2)o1. The van der Waals surface area contributed by atoms with E-state index < -0.39 is 17.4 Å². The number of carbonyl (C=O) groups excluding carboxylic acids is 1. The van der Waals surface area contributed by atoms with Crippen LogP contribution in [0.4, 0.5) is 0 Å². The Morgan fingerprint density at radius 2 is 2.33 bits per heavy atom. The summed E-state index contributed by atoms with van der Waals surface area (Å²) in [4.78, 5) is 23.2. The number of aliphatic carboxylic acids is 1. The number of rotatable bonds is 4. The first kappa shape index (κ1) is 13.4. The smallest absolute Gasteiger partial charge is 0.330 e. The van der Waals surface area contributed by atoms with Crippen LogP contribution in [-0.4, -0.2) is 40.3 Å². The van der Waals surface area contributed by atoms with Gasteiger partial charge in [-0.25, -0.2) is 4.79 Å². The molecule has 1 atom stereocenters. The van der Waals surface area contributed by atoms with E-state index in [1.54, 1.807) is 12.1 Å². The Hall–Kier alpha value is -1.08. The zero-order chi connectivity index (χ0) is 13.2. The van der Waals surface area contributed by atoms with E-state index in [2.05, 4.69) is 5.32 Å². The Bertz CT molecular complexity index is 465. The van der Waals surface area contributed by atoms with Gasteiger partial charge in [0.2, 0.25) is 0 Å². The molecule has 1 aliphatic rings. The second-order valence-corrected chi connectivity index (χ2v) is 5.88. The van der Waals surface area contributed by atoms with Gasteiger partial charge in [0, 0.05) is 5.75 Å². The predicted molar refractivity (Wildman–Crippen MR) is 70.3 cm³/mol. The molecule has 1 aliphatic heterocycles. The van der Waals surface area contributed by atoms with Crippen molar-refractivity contribution in [3.8, 4) is 0 Å². The third kappa shape index (κ3) is 2.51. The van der Waals surface area contributed by atoms with E-state index in [9.17, 15) is 14.7 Å². The lowest BCUT2D eigenvalue weighted by Gasteiger charge is -2.23. The van der Waals surface area contributed by atoms with Crippen molar-refractivity contribution in [3.05, 3.63) is 17.9 Å². The molecule has 0 bridgehead atoms. The van der Waals surface area contributed by atoms with Gasteiger partial charge in [-0.1, -0.05) is 11.8 Å². The van der Waals surface area contributed by atoms with Gasteiger partial charge >= 0.3 is 5.97 Å². The largest absolute Gasteiger partial charge is 0.479 e. The van der Waals surface area contributed by atoms with Crippen LogP contribution in [0.25, 0.3) is 0 Å². The Morgan fingerprint density at radius 3 is 2.83 bits per heavy atom. The lowest BCUT2D eigenvalue weighted by molar-refractivity contribution is -0.143. The Labute approximate surface area is 113 Å². The first-order valence-electron chi connectivity index (χ1n) is 5.35. The molecule has 0 spiro atoms. The standard InChI is InChI=1S/C11H13NO4S2/c1-17-8-3-2-7(16-8)9(13)12-11(10(14)15)4-5-18-6-11/h2-3H,4-6H2,1H3,(H,12,13)(H,14,15). The maximum absolute atomic E-state index is 12.0. The zero-order valence-electron chi connectivity index (χ0n) is 9.76. The summed E-state index contributed by atoms with van der Waals surface area (Å²) in [6.45, 7) is 0. The van der Waals surface area contributed by atoms with Crippen LogP contribution in [0.5, 0.6) is 0 Å². The summed E-state index contributed by atoms with van der Waals surface area (Å²) >= 11 is 2.91. The number of carbonyl (C=O) groups is 2. The number of furan rings is 1. The van der Waals surface area contributed by atoms with E-state index in [4.69, 9.17) is 4.42 Å². The third-order valence-electron chi connectivity index (χ3n) is 2.79. The van der Waals surface area contributed by atoms with Crippen LogP contribution in [0.15, 0.2) is 21.6 Å². The van der Waals surface area contributed by atoms with Gasteiger partial charge in [0.1, 0.15) is 5.54 Å². The van der Waals surface area contributed by atoms with E-state index in [1.807, 2.05) is 6.26 Å². The second-order valence-electron chi connectivity index (χ2n) is 3.97. The van der Waals surface area contributed by atoms with Gasteiger partial charge in [0.15, 0.2) is 10.9 Å². The van der Waals surface area contributed by atoms with E-state index >= 15 is 0 Å². The number of nitrogens with one attached hydrogen (secondary N) is 1. The highest BCUT2D eigenvalue weighted by Gasteiger charge is 2.43. The van der Waals surface area contributed by atoms with Gasteiger partial charge < -0.3 is 14.8 Å². The Morgan fingerprint density at radius 1 is 1.56 bits per heavy atom. The van der Waals surface area contributed by atoms with Gasteiger partial charge in [0.25, 0.3) is 5.91 Å². The van der Waals surface area contributed by atoms with Crippen molar-refractivity contribution in [1.82, 2.24) is 5.32 Å². The summed E-state index contributed by atoms with van der Waals surface area (Å²) in [6.07, 6.45) is 2.28. The van der Waals surface area contributed by atoms with E-state index in [0.29, 0.717) is 17.3 Å². The predicted octanol–water partition coefficient (Wildman–Crippen LogP) is 1.69. The summed E-state index contributed by atoms with van der Waals surface area (Å²) in [7, 11) is 0. The monoisotopic (exact) mass is 287 g/mol. The molecular formula is C11H13NO4S2. The molecule has 5 nitrogen and oxygen atoms in total. The Kier molecular flexibility index (Phi) is 3.91. The average Bonchev–Trinajstić information content (AvgIpc) is 2.97. The molecule has 1 aromatic heterocycles. The second kappa shape index (κ2) is 5.27. The topological polar surface area (TPSA) is 79.5 Å². The molecule has 1 amide bonds. The lowest BCUT2D eigenvalue weighted by Crippen LogP contribution is -2.54. The summed E-state index contributed by atoms with van der Waals surface area (Å²) in [5.41, 5.74) is -1.16.